The van der Waals surface area contributed by atoms with E-state index >= 15 is 0 Å². The average molecular weight is 387 g/mol. The molecule has 0 bridgehead atoms. The first-order chi connectivity index (χ1) is 12.4. The van der Waals surface area contributed by atoms with Crippen molar-refractivity contribution in [1.29, 1.82) is 0 Å². The summed E-state index contributed by atoms with van der Waals surface area (Å²) in [5.74, 6) is -0.389. The second-order valence-electron chi connectivity index (χ2n) is 10.5. The molecule has 0 spiro atoms. The summed E-state index contributed by atoms with van der Waals surface area (Å²) in [7, 11) is 0. The number of unbranched alkanes of at least 4 members (excludes halogenated alkanes) is 2. The van der Waals surface area contributed by atoms with Crippen molar-refractivity contribution in [1.82, 2.24) is 0 Å². The molecule has 1 rings (SSSR count). The molecule has 162 valence electrons. The van der Waals surface area contributed by atoms with E-state index in [0.29, 0.717) is 5.92 Å². The Kier molecular flexibility index (Phi) is 9.26. The highest BCUT2D eigenvalue weighted by Gasteiger charge is 2.55. The molecule has 4 nitrogen and oxygen atoms in total. The monoisotopic (exact) mass is 386 g/mol. The number of hydrogen-bond donors (Lipinski definition) is 0. The van der Waals surface area contributed by atoms with Crippen LogP contribution < -0.4 is 0 Å². The van der Waals surface area contributed by atoms with Crippen LogP contribution in [0.25, 0.3) is 0 Å². The molecule has 1 fully saturated rings. The molecule has 0 radical (unpaired) electrons. The highest BCUT2D eigenvalue weighted by molar-refractivity contribution is 4.92. The van der Waals surface area contributed by atoms with Crippen LogP contribution in [0.3, 0.4) is 0 Å². The van der Waals surface area contributed by atoms with Gasteiger partial charge in [-0.05, 0) is 59.3 Å². The van der Waals surface area contributed by atoms with Crippen LogP contribution in [0.1, 0.15) is 120 Å². The lowest BCUT2D eigenvalue weighted by molar-refractivity contribution is -0.569. The van der Waals surface area contributed by atoms with Crippen molar-refractivity contribution < 1.29 is 19.6 Å². The van der Waals surface area contributed by atoms with Crippen LogP contribution in [0, 0.1) is 11.3 Å². The van der Waals surface area contributed by atoms with Crippen LogP contribution in [-0.4, -0.2) is 17.0 Å². The Balaban J connectivity index is 2.93. The Morgan fingerprint density at radius 3 is 1.70 bits per heavy atom. The highest BCUT2D eigenvalue weighted by atomic mass is 17.3. The highest BCUT2D eigenvalue weighted by Crippen LogP contribution is 2.50. The second kappa shape index (κ2) is 10.0. The molecule has 1 aliphatic carbocycles. The van der Waals surface area contributed by atoms with Crippen LogP contribution >= 0.6 is 0 Å². The first-order valence-corrected chi connectivity index (χ1v) is 11.1. The van der Waals surface area contributed by atoms with Gasteiger partial charge in [-0.1, -0.05) is 60.3 Å². The van der Waals surface area contributed by atoms with E-state index in [1.165, 1.54) is 6.42 Å². The molecular formula is C23H46O4. The molecule has 1 aliphatic rings. The molecule has 0 N–H and O–H groups in total. The Labute approximate surface area is 168 Å². The van der Waals surface area contributed by atoms with Crippen molar-refractivity contribution in [3.8, 4) is 0 Å². The molecule has 1 unspecified atom stereocenters. The molecular weight excluding hydrogens is 340 g/mol. The van der Waals surface area contributed by atoms with Gasteiger partial charge in [-0.3, -0.25) is 0 Å². The van der Waals surface area contributed by atoms with Gasteiger partial charge in [-0.2, -0.15) is 9.78 Å². The average Bonchev–Trinajstić information content (AvgIpc) is 2.58. The fraction of sp³-hybridized carbons (Fsp3) is 1.00. The molecule has 0 heterocycles. The van der Waals surface area contributed by atoms with Gasteiger partial charge in [0.05, 0.1) is 11.2 Å². The third-order valence-corrected chi connectivity index (χ3v) is 5.98. The molecule has 0 aliphatic heterocycles. The SMILES string of the molecule is CCCCC(C)(C)OOC1(OOC(C)(C)CCCC)CC(C)CCC1(C)C. The predicted molar refractivity (Wildman–Crippen MR) is 111 cm³/mol. The summed E-state index contributed by atoms with van der Waals surface area (Å²) in [4.78, 5) is 24.3. The lowest BCUT2D eigenvalue weighted by Crippen LogP contribution is -2.55. The van der Waals surface area contributed by atoms with Crippen molar-refractivity contribution in [2.45, 2.75) is 137 Å². The zero-order chi connectivity index (χ0) is 20.8. The van der Waals surface area contributed by atoms with E-state index in [1.54, 1.807) is 0 Å². The lowest BCUT2D eigenvalue weighted by Gasteiger charge is -2.50. The van der Waals surface area contributed by atoms with Gasteiger partial charge in [0, 0.05) is 11.8 Å². The van der Waals surface area contributed by atoms with E-state index in [2.05, 4.69) is 62.3 Å². The minimum Gasteiger partial charge on any atom is -0.228 e. The van der Waals surface area contributed by atoms with Gasteiger partial charge >= 0.3 is 0 Å². The summed E-state index contributed by atoms with van der Waals surface area (Å²) in [5.41, 5.74) is -0.886. The van der Waals surface area contributed by atoms with Crippen LogP contribution in [-0.2, 0) is 19.6 Å². The first-order valence-electron chi connectivity index (χ1n) is 11.1. The van der Waals surface area contributed by atoms with Crippen molar-refractivity contribution >= 4 is 0 Å². The Morgan fingerprint density at radius 2 is 1.30 bits per heavy atom. The van der Waals surface area contributed by atoms with Gasteiger partial charge in [0.2, 0.25) is 5.79 Å². The maximum atomic E-state index is 6.17. The quantitative estimate of drug-likeness (QED) is 0.199. The molecule has 0 amide bonds. The van der Waals surface area contributed by atoms with Gasteiger partial charge in [0.25, 0.3) is 0 Å². The second-order valence-corrected chi connectivity index (χ2v) is 10.5. The summed E-state index contributed by atoms with van der Waals surface area (Å²) in [5, 5.41) is 0. The number of hydrogen-bond acceptors (Lipinski definition) is 4. The maximum Gasteiger partial charge on any atom is 0.239 e. The van der Waals surface area contributed by atoms with Crippen LogP contribution in [0.15, 0.2) is 0 Å². The molecule has 4 heteroatoms. The van der Waals surface area contributed by atoms with E-state index in [0.717, 1.165) is 51.4 Å². The molecule has 0 aromatic carbocycles. The first kappa shape index (κ1) is 24.9. The minimum absolute atomic E-state index is 0.193. The molecule has 0 saturated heterocycles. The normalized spacial score (nSPS) is 22.8. The largest absolute Gasteiger partial charge is 0.239 e. The third kappa shape index (κ3) is 7.64. The summed E-state index contributed by atoms with van der Waals surface area (Å²) >= 11 is 0. The molecule has 0 aromatic rings. The molecule has 27 heavy (non-hydrogen) atoms. The standard InChI is InChI=1S/C23H46O4/c1-10-12-15-21(6,7)24-26-23(18-19(3)14-17-20(23,4)5)27-25-22(8,9)16-13-11-2/h19H,10-18H2,1-9H3. The van der Waals surface area contributed by atoms with Crippen molar-refractivity contribution in [2.24, 2.45) is 11.3 Å². The van der Waals surface area contributed by atoms with Gasteiger partial charge in [-0.15, -0.1) is 0 Å². The molecule has 1 atom stereocenters. The van der Waals surface area contributed by atoms with Gasteiger partial charge in [0.15, 0.2) is 0 Å². The zero-order valence-corrected chi connectivity index (χ0v) is 19.6. The van der Waals surface area contributed by atoms with E-state index in [1.807, 2.05) is 0 Å². The summed E-state index contributed by atoms with van der Waals surface area (Å²) in [6.07, 6.45) is 9.39. The smallest absolute Gasteiger partial charge is 0.228 e. The fourth-order valence-corrected chi connectivity index (χ4v) is 3.59. The lowest BCUT2D eigenvalue weighted by atomic mass is 9.69. The van der Waals surface area contributed by atoms with Crippen molar-refractivity contribution in [2.75, 3.05) is 0 Å². The third-order valence-electron chi connectivity index (χ3n) is 5.98. The summed E-state index contributed by atoms with van der Waals surface area (Å²) < 4.78 is 0. The topological polar surface area (TPSA) is 36.9 Å². The Morgan fingerprint density at radius 1 is 0.852 bits per heavy atom. The van der Waals surface area contributed by atoms with Gasteiger partial charge in [-0.25, -0.2) is 9.78 Å². The van der Waals surface area contributed by atoms with E-state index in [4.69, 9.17) is 19.6 Å². The van der Waals surface area contributed by atoms with E-state index in [9.17, 15) is 0 Å². The predicted octanol–water partition coefficient (Wildman–Crippen LogP) is 7.36. The van der Waals surface area contributed by atoms with Crippen LogP contribution in [0.5, 0.6) is 0 Å². The van der Waals surface area contributed by atoms with Gasteiger partial charge in [0.1, 0.15) is 0 Å². The van der Waals surface area contributed by atoms with Crippen LogP contribution in [0.2, 0.25) is 0 Å². The molecule has 0 aromatic heterocycles. The van der Waals surface area contributed by atoms with Crippen LogP contribution in [0.4, 0.5) is 0 Å². The minimum atomic E-state index is -0.891. The summed E-state index contributed by atoms with van der Waals surface area (Å²) in [6, 6.07) is 0. The van der Waals surface area contributed by atoms with Crippen molar-refractivity contribution in [3.05, 3.63) is 0 Å². The Hall–Kier alpha value is -0.160. The van der Waals surface area contributed by atoms with Gasteiger partial charge < -0.3 is 0 Å². The van der Waals surface area contributed by atoms with E-state index in [-0.39, 0.29) is 16.6 Å². The van der Waals surface area contributed by atoms with Crippen molar-refractivity contribution in [3.63, 3.8) is 0 Å². The zero-order valence-electron chi connectivity index (χ0n) is 19.6. The number of rotatable bonds is 12. The maximum absolute atomic E-state index is 6.17. The fourth-order valence-electron chi connectivity index (χ4n) is 3.59. The molecule has 1 saturated carbocycles. The Bertz CT molecular complexity index is 404. The summed E-state index contributed by atoms with van der Waals surface area (Å²) in [6.45, 7) is 19.4. The van der Waals surface area contributed by atoms with E-state index < -0.39 is 5.79 Å².